The Labute approximate surface area is 204 Å². The summed E-state index contributed by atoms with van der Waals surface area (Å²) in [5.74, 6) is 1.92. The second-order valence-corrected chi connectivity index (χ2v) is 8.18. The summed E-state index contributed by atoms with van der Waals surface area (Å²) in [5.41, 5.74) is 5.19. The lowest BCUT2D eigenvalue weighted by molar-refractivity contribution is 0.312. The smallest absolute Gasteiger partial charge is 0.191 e. The van der Waals surface area contributed by atoms with Crippen molar-refractivity contribution >= 4 is 35.8 Å². The molecular formula is C24H37IN6. The van der Waals surface area contributed by atoms with E-state index in [1.807, 2.05) is 6.20 Å². The average molecular weight is 537 g/mol. The monoisotopic (exact) mass is 536 g/mol. The molecule has 2 aromatic rings. The predicted molar refractivity (Wildman–Crippen MR) is 142 cm³/mol. The summed E-state index contributed by atoms with van der Waals surface area (Å²) in [5, 5.41) is 6.82. The first-order valence-corrected chi connectivity index (χ1v) is 11.0. The summed E-state index contributed by atoms with van der Waals surface area (Å²) in [7, 11) is 2.17. The van der Waals surface area contributed by atoms with E-state index in [4.69, 9.17) is 4.99 Å². The number of pyridine rings is 1. The van der Waals surface area contributed by atoms with Gasteiger partial charge in [0.25, 0.3) is 0 Å². The van der Waals surface area contributed by atoms with Crippen LogP contribution in [-0.4, -0.2) is 62.2 Å². The van der Waals surface area contributed by atoms with Crippen LogP contribution in [0.3, 0.4) is 0 Å². The Morgan fingerprint density at radius 3 is 2.39 bits per heavy atom. The first kappa shape index (κ1) is 25.4. The van der Waals surface area contributed by atoms with E-state index in [2.05, 4.69) is 83.6 Å². The van der Waals surface area contributed by atoms with Crippen LogP contribution in [0.2, 0.25) is 0 Å². The van der Waals surface area contributed by atoms with Gasteiger partial charge in [-0.05, 0) is 57.5 Å². The topological polar surface area (TPSA) is 55.8 Å². The Kier molecular flexibility index (Phi) is 10.5. The summed E-state index contributed by atoms with van der Waals surface area (Å²) >= 11 is 0. The van der Waals surface area contributed by atoms with Crippen molar-refractivity contribution in [2.75, 3.05) is 51.2 Å². The highest BCUT2D eigenvalue weighted by Crippen LogP contribution is 2.15. The molecule has 31 heavy (non-hydrogen) atoms. The van der Waals surface area contributed by atoms with Crippen LogP contribution in [0.25, 0.3) is 0 Å². The van der Waals surface area contributed by atoms with Crippen LogP contribution in [0.15, 0.2) is 41.5 Å². The van der Waals surface area contributed by atoms with Gasteiger partial charge in [0, 0.05) is 45.5 Å². The SMILES string of the molecule is CCNC(=NCc1ccnc(N2CCN(C)CC2)c1)NCCc1cc(C)cc(C)c1.I. The summed E-state index contributed by atoms with van der Waals surface area (Å²) < 4.78 is 0. The van der Waals surface area contributed by atoms with Crippen LogP contribution >= 0.6 is 24.0 Å². The van der Waals surface area contributed by atoms with Crippen molar-refractivity contribution in [1.82, 2.24) is 20.5 Å². The van der Waals surface area contributed by atoms with Gasteiger partial charge in [-0.25, -0.2) is 9.98 Å². The number of benzene rings is 1. The molecule has 0 radical (unpaired) electrons. The number of guanidine groups is 1. The largest absolute Gasteiger partial charge is 0.357 e. The van der Waals surface area contributed by atoms with Gasteiger partial charge in [-0.1, -0.05) is 29.3 Å². The van der Waals surface area contributed by atoms with Crippen molar-refractivity contribution in [2.24, 2.45) is 4.99 Å². The lowest BCUT2D eigenvalue weighted by Gasteiger charge is -2.33. The molecule has 1 aromatic heterocycles. The number of hydrogen-bond donors (Lipinski definition) is 2. The van der Waals surface area contributed by atoms with Crippen LogP contribution in [-0.2, 0) is 13.0 Å². The second-order valence-electron chi connectivity index (χ2n) is 8.18. The van der Waals surface area contributed by atoms with Crippen molar-refractivity contribution in [2.45, 2.75) is 33.7 Å². The molecule has 3 rings (SSSR count). The van der Waals surface area contributed by atoms with Gasteiger partial charge in [0.15, 0.2) is 5.96 Å². The molecule has 0 aliphatic carbocycles. The molecule has 2 heterocycles. The maximum absolute atomic E-state index is 4.79. The van der Waals surface area contributed by atoms with Crippen molar-refractivity contribution in [1.29, 1.82) is 0 Å². The molecule has 0 bridgehead atoms. The van der Waals surface area contributed by atoms with E-state index in [9.17, 15) is 0 Å². The summed E-state index contributed by atoms with van der Waals surface area (Å²) in [6, 6.07) is 11.0. The molecule has 0 unspecified atom stereocenters. The Hall–Kier alpha value is -1.87. The number of aromatic nitrogens is 1. The third kappa shape index (κ3) is 8.29. The highest BCUT2D eigenvalue weighted by Gasteiger charge is 2.15. The third-order valence-corrected chi connectivity index (χ3v) is 5.39. The number of anilines is 1. The van der Waals surface area contributed by atoms with Crippen LogP contribution in [0, 0.1) is 13.8 Å². The van der Waals surface area contributed by atoms with Gasteiger partial charge in [0.2, 0.25) is 0 Å². The van der Waals surface area contributed by atoms with Crippen LogP contribution in [0.4, 0.5) is 5.82 Å². The number of rotatable bonds is 7. The molecule has 2 N–H and O–H groups in total. The molecule has 1 saturated heterocycles. The molecule has 6 nitrogen and oxygen atoms in total. The highest BCUT2D eigenvalue weighted by atomic mass is 127. The number of halogens is 1. The number of nitrogens with one attached hydrogen (secondary N) is 2. The number of hydrogen-bond acceptors (Lipinski definition) is 4. The molecule has 0 spiro atoms. The number of piperazine rings is 1. The van der Waals surface area contributed by atoms with Gasteiger partial charge in [-0.2, -0.15) is 0 Å². The molecule has 1 aliphatic rings. The zero-order valence-electron chi connectivity index (χ0n) is 19.3. The quantitative estimate of drug-likeness (QED) is 0.323. The van der Waals surface area contributed by atoms with Crippen molar-refractivity contribution in [3.63, 3.8) is 0 Å². The van der Waals surface area contributed by atoms with Crippen LogP contribution in [0.5, 0.6) is 0 Å². The summed E-state index contributed by atoms with van der Waals surface area (Å²) in [6.45, 7) is 13.0. The third-order valence-electron chi connectivity index (χ3n) is 5.39. The van der Waals surface area contributed by atoms with E-state index in [0.717, 1.165) is 57.5 Å². The average Bonchev–Trinajstić information content (AvgIpc) is 2.72. The van der Waals surface area contributed by atoms with Crippen LogP contribution in [0.1, 0.15) is 29.2 Å². The fraction of sp³-hybridized carbons (Fsp3) is 0.500. The molecule has 7 heteroatoms. The summed E-state index contributed by atoms with van der Waals surface area (Å²) in [4.78, 5) is 14.1. The minimum Gasteiger partial charge on any atom is -0.357 e. The van der Waals surface area contributed by atoms with E-state index < -0.39 is 0 Å². The summed E-state index contributed by atoms with van der Waals surface area (Å²) in [6.07, 6.45) is 2.88. The predicted octanol–water partition coefficient (Wildman–Crippen LogP) is 3.37. The van der Waals surface area contributed by atoms with Crippen molar-refractivity contribution < 1.29 is 0 Å². The maximum atomic E-state index is 4.79. The van der Waals surface area contributed by atoms with Gasteiger partial charge < -0.3 is 20.4 Å². The minimum atomic E-state index is 0. The van der Waals surface area contributed by atoms with Gasteiger partial charge in [-0.3, -0.25) is 0 Å². The Morgan fingerprint density at radius 1 is 1.00 bits per heavy atom. The number of aryl methyl sites for hydroxylation is 2. The molecule has 0 amide bonds. The molecule has 1 aliphatic heterocycles. The normalized spacial score (nSPS) is 14.8. The molecule has 0 saturated carbocycles. The molecule has 0 atom stereocenters. The molecule has 1 aromatic carbocycles. The van der Waals surface area contributed by atoms with E-state index in [0.29, 0.717) is 6.54 Å². The highest BCUT2D eigenvalue weighted by molar-refractivity contribution is 14.0. The van der Waals surface area contributed by atoms with Gasteiger partial charge in [-0.15, -0.1) is 24.0 Å². The van der Waals surface area contributed by atoms with Crippen molar-refractivity contribution in [3.8, 4) is 0 Å². The first-order valence-electron chi connectivity index (χ1n) is 11.0. The second kappa shape index (κ2) is 12.9. The minimum absolute atomic E-state index is 0. The van der Waals surface area contributed by atoms with Gasteiger partial charge >= 0.3 is 0 Å². The lowest BCUT2D eigenvalue weighted by atomic mass is 10.1. The van der Waals surface area contributed by atoms with Crippen molar-refractivity contribution in [3.05, 3.63) is 58.8 Å². The van der Waals surface area contributed by atoms with E-state index in [1.165, 1.54) is 22.3 Å². The fourth-order valence-electron chi connectivity index (χ4n) is 3.82. The lowest BCUT2D eigenvalue weighted by Crippen LogP contribution is -2.44. The maximum Gasteiger partial charge on any atom is 0.191 e. The molecular weight excluding hydrogens is 499 g/mol. The fourth-order valence-corrected chi connectivity index (χ4v) is 3.82. The number of nitrogens with zero attached hydrogens (tertiary/aromatic N) is 4. The molecule has 170 valence electrons. The first-order chi connectivity index (χ1) is 14.5. The van der Waals surface area contributed by atoms with Crippen LogP contribution < -0.4 is 15.5 Å². The number of likely N-dealkylation sites (N-methyl/N-ethyl adjacent to an activating group) is 1. The van der Waals surface area contributed by atoms with E-state index in [1.54, 1.807) is 0 Å². The molecule has 1 fully saturated rings. The Bertz CT molecular complexity index is 825. The van der Waals surface area contributed by atoms with E-state index in [-0.39, 0.29) is 24.0 Å². The zero-order valence-corrected chi connectivity index (χ0v) is 21.6. The Balaban J connectivity index is 0.00000341. The standard InChI is InChI=1S/C24H36N6.HI/c1-5-25-24(27-9-6-21-15-19(2)14-20(3)16-21)28-18-22-7-8-26-23(17-22)30-12-10-29(4)11-13-30;/h7-8,14-17H,5-6,9-13,18H2,1-4H3,(H2,25,27,28);1H. The van der Waals surface area contributed by atoms with Gasteiger partial charge in [0.1, 0.15) is 5.82 Å². The number of aliphatic imine (C=N–C) groups is 1. The van der Waals surface area contributed by atoms with Gasteiger partial charge in [0.05, 0.1) is 6.54 Å². The van der Waals surface area contributed by atoms with E-state index >= 15 is 0 Å². The Morgan fingerprint density at radius 2 is 1.71 bits per heavy atom. The zero-order chi connectivity index (χ0) is 21.3.